The Hall–Kier alpha value is -1.94. The van der Waals surface area contributed by atoms with Gasteiger partial charge in [-0.3, -0.25) is 0 Å². The molecule has 94 valence electrons. The molecule has 3 aromatic rings. The van der Waals surface area contributed by atoms with E-state index in [2.05, 4.69) is 15.9 Å². The summed E-state index contributed by atoms with van der Waals surface area (Å²) >= 11 is 3.19. The standard InChI is InChI=1S/C15H8BrFO2/c16-10-5-6-11(13(17)8-10)12-7-9-3-1-2-4-14(9)19-15(12)18/h1-8H. The van der Waals surface area contributed by atoms with Gasteiger partial charge in [0.05, 0.1) is 5.56 Å². The van der Waals surface area contributed by atoms with Crippen molar-refractivity contribution in [2.45, 2.75) is 0 Å². The van der Waals surface area contributed by atoms with Crippen molar-refractivity contribution in [2.75, 3.05) is 0 Å². The van der Waals surface area contributed by atoms with Gasteiger partial charge >= 0.3 is 5.63 Å². The van der Waals surface area contributed by atoms with Crippen molar-refractivity contribution >= 4 is 26.9 Å². The molecule has 0 unspecified atom stereocenters. The Labute approximate surface area is 116 Å². The van der Waals surface area contributed by atoms with Gasteiger partial charge in [-0.15, -0.1) is 0 Å². The molecule has 0 atom stereocenters. The van der Waals surface area contributed by atoms with Crippen LogP contribution in [0.4, 0.5) is 4.39 Å². The molecule has 0 fully saturated rings. The number of para-hydroxylation sites is 1. The van der Waals surface area contributed by atoms with E-state index >= 15 is 0 Å². The Morgan fingerprint density at radius 2 is 1.79 bits per heavy atom. The molecule has 0 aliphatic heterocycles. The summed E-state index contributed by atoms with van der Waals surface area (Å²) in [5.74, 6) is -0.461. The minimum Gasteiger partial charge on any atom is -0.422 e. The molecule has 2 nitrogen and oxygen atoms in total. The largest absolute Gasteiger partial charge is 0.422 e. The van der Waals surface area contributed by atoms with E-state index in [0.29, 0.717) is 10.1 Å². The molecule has 0 amide bonds. The first kappa shape index (κ1) is 12.1. The zero-order valence-corrected chi connectivity index (χ0v) is 11.3. The summed E-state index contributed by atoms with van der Waals surface area (Å²) < 4.78 is 19.7. The van der Waals surface area contributed by atoms with Crippen LogP contribution in [-0.4, -0.2) is 0 Å². The second-order valence-corrected chi connectivity index (χ2v) is 5.03. The number of hydrogen-bond donors (Lipinski definition) is 0. The highest BCUT2D eigenvalue weighted by atomic mass is 79.9. The molecule has 0 saturated heterocycles. The molecule has 2 aromatic carbocycles. The molecule has 0 aliphatic carbocycles. The van der Waals surface area contributed by atoms with Crippen molar-refractivity contribution in [3.8, 4) is 11.1 Å². The van der Waals surface area contributed by atoms with E-state index in [4.69, 9.17) is 4.42 Å². The van der Waals surface area contributed by atoms with Gasteiger partial charge in [0.1, 0.15) is 11.4 Å². The summed E-state index contributed by atoms with van der Waals surface area (Å²) in [5.41, 5.74) is 0.417. The number of hydrogen-bond acceptors (Lipinski definition) is 2. The fraction of sp³-hybridized carbons (Fsp3) is 0. The third-order valence-corrected chi connectivity index (χ3v) is 3.36. The number of rotatable bonds is 1. The molecule has 4 heteroatoms. The summed E-state index contributed by atoms with van der Waals surface area (Å²) in [6.07, 6.45) is 0. The second kappa shape index (κ2) is 4.63. The molecule has 1 heterocycles. The van der Waals surface area contributed by atoms with Gasteiger partial charge in [0.2, 0.25) is 0 Å². The van der Waals surface area contributed by atoms with Crippen molar-refractivity contribution < 1.29 is 8.81 Å². The Bertz CT molecular complexity index is 824. The molecule has 0 saturated carbocycles. The van der Waals surface area contributed by atoms with E-state index in [-0.39, 0.29) is 11.1 Å². The summed E-state index contributed by atoms with van der Waals surface area (Å²) in [6, 6.07) is 13.4. The van der Waals surface area contributed by atoms with Crippen LogP contribution < -0.4 is 5.63 Å². The predicted molar refractivity (Wildman–Crippen MR) is 75.6 cm³/mol. The van der Waals surface area contributed by atoms with E-state index in [1.807, 2.05) is 12.1 Å². The summed E-state index contributed by atoms with van der Waals surface area (Å²) in [5, 5.41) is 0.763. The summed E-state index contributed by atoms with van der Waals surface area (Å²) in [7, 11) is 0. The quantitative estimate of drug-likeness (QED) is 0.624. The molecule has 1 aromatic heterocycles. The van der Waals surface area contributed by atoms with Gasteiger partial charge in [0.15, 0.2) is 0 Å². The zero-order chi connectivity index (χ0) is 13.4. The SMILES string of the molecule is O=c1oc2ccccc2cc1-c1ccc(Br)cc1F. The van der Waals surface area contributed by atoms with Crippen LogP contribution in [0.25, 0.3) is 22.1 Å². The van der Waals surface area contributed by atoms with E-state index in [0.717, 1.165) is 5.39 Å². The molecule has 0 bridgehead atoms. The fourth-order valence-corrected chi connectivity index (χ4v) is 2.29. The van der Waals surface area contributed by atoms with Crippen molar-refractivity contribution in [2.24, 2.45) is 0 Å². The molecular weight excluding hydrogens is 311 g/mol. The number of halogens is 2. The number of fused-ring (bicyclic) bond motifs is 1. The third-order valence-electron chi connectivity index (χ3n) is 2.86. The lowest BCUT2D eigenvalue weighted by molar-refractivity contribution is 0.561. The molecular formula is C15H8BrFO2. The highest BCUT2D eigenvalue weighted by Crippen LogP contribution is 2.25. The van der Waals surface area contributed by atoms with Crippen molar-refractivity contribution in [3.05, 3.63) is 69.2 Å². The molecule has 0 N–H and O–H groups in total. The van der Waals surface area contributed by atoms with E-state index in [9.17, 15) is 9.18 Å². The summed E-state index contributed by atoms with van der Waals surface area (Å²) in [4.78, 5) is 11.9. The van der Waals surface area contributed by atoms with Crippen LogP contribution in [0.15, 0.2) is 62.2 Å². The monoisotopic (exact) mass is 318 g/mol. The van der Waals surface area contributed by atoms with Crippen LogP contribution in [0.1, 0.15) is 0 Å². The maximum atomic E-state index is 13.9. The van der Waals surface area contributed by atoms with Crippen molar-refractivity contribution in [1.82, 2.24) is 0 Å². The fourth-order valence-electron chi connectivity index (χ4n) is 1.96. The first-order chi connectivity index (χ1) is 9.15. The van der Waals surface area contributed by atoms with Crippen LogP contribution in [0, 0.1) is 5.82 Å². The lowest BCUT2D eigenvalue weighted by Gasteiger charge is -2.04. The van der Waals surface area contributed by atoms with Gasteiger partial charge in [-0.1, -0.05) is 40.2 Å². The van der Waals surface area contributed by atoms with Gasteiger partial charge < -0.3 is 4.42 Å². The molecule has 19 heavy (non-hydrogen) atoms. The zero-order valence-electron chi connectivity index (χ0n) is 9.69. The van der Waals surface area contributed by atoms with Crippen LogP contribution in [0.5, 0.6) is 0 Å². The van der Waals surface area contributed by atoms with Crippen molar-refractivity contribution in [1.29, 1.82) is 0 Å². The second-order valence-electron chi connectivity index (χ2n) is 4.11. The highest BCUT2D eigenvalue weighted by molar-refractivity contribution is 9.10. The third kappa shape index (κ3) is 2.19. The van der Waals surface area contributed by atoms with Gasteiger partial charge in [0.25, 0.3) is 0 Å². The Morgan fingerprint density at radius 3 is 2.58 bits per heavy atom. The summed E-state index contributed by atoms with van der Waals surface area (Å²) in [6.45, 7) is 0. The smallest absolute Gasteiger partial charge is 0.344 e. The molecule has 0 aliphatic rings. The van der Waals surface area contributed by atoms with Crippen LogP contribution in [0.2, 0.25) is 0 Å². The first-order valence-electron chi connectivity index (χ1n) is 5.63. The topological polar surface area (TPSA) is 30.2 Å². The average Bonchev–Trinajstić information content (AvgIpc) is 2.38. The lowest BCUT2D eigenvalue weighted by Crippen LogP contribution is -2.03. The Balaban J connectivity index is 2.30. The van der Waals surface area contributed by atoms with E-state index < -0.39 is 11.4 Å². The van der Waals surface area contributed by atoms with Crippen molar-refractivity contribution in [3.63, 3.8) is 0 Å². The maximum absolute atomic E-state index is 13.9. The minimum atomic E-state index is -0.542. The van der Waals surface area contributed by atoms with E-state index in [1.165, 1.54) is 6.07 Å². The van der Waals surface area contributed by atoms with Gasteiger partial charge in [-0.25, -0.2) is 9.18 Å². The Morgan fingerprint density at radius 1 is 1.00 bits per heavy atom. The lowest BCUT2D eigenvalue weighted by atomic mass is 10.1. The highest BCUT2D eigenvalue weighted by Gasteiger charge is 2.12. The maximum Gasteiger partial charge on any atom is 0.344 e. The van der Waals surface area contributed by atoms with Gasteiger partial charge in [-0.2, -0.15) is 0 Å². The Kier molecular flexibility index (Phi) is 2.95. The molecule has 0 radical (unpaired) electrons. The molecule has 3 rings (SSSR count). The van der Waals surface area contributed by atoms with Crippen LogP contribution >= 0.6 is 15.9 Å². The van der Waals surface area contributed by atoms with Gasteiger partial charge in [-0.05, 0) is 24.3 Å². The van der Waals surface area contributed by atoms with Crippen LogP contribution in [-0.2, 0) is 0 Å². The molecule has 0 spiro atoms. The normalized spacial score (nSPS) is 10.8. The van der Waals surface area contributed by atoms with Crippen LogP contribution in [0.3, 0.4) is 0 Å². The van der Waals surface area contributed by atoms with E-state index in [1.54, 1.807) is 30.3 Å². The minimum absolute atomic E-state index is 0.226. The first-order valence-corrected chi connectivity index (χ1v) is 6.43. The number of benzene rings is 2. The van der Waals surface area contributed by atoms with Gasteiger partial charge in [0, 0.05) is 15.4 Å². The predicted octanol–water partition coefficient (Wildman–Crippen LogP) is 4.36. The average molecular weight is 319 g/mol.